The van der Waals surface area contributed by atoms with E-state index in [0.717, 1.165) is 17.7 Å². The second-order valence-corrected chi connectivity index (χ2v) is 6.70. The van der Waals surface area contributed by atoms with Crippen molar-refractivity contribution in [3.8, 4) is 11.3 Å². The Morgan fingerprint density at radius 1 is 1.07 bits per heavy atom. The van der Waals surface area contributed by atoms with Crippen LogP contribution >= 0.6 is 11.3 Å². The zero-order valence-corrected chi connectivity index (χ0v) is 14.6. The molecule has 4 nitrogen and oxygen atoms in total. The fraction of sp³-hybridized carbons (Fsp3) is 0.0526. The molecule has 2 aromatic heterocycles. The number of fused-ring (bicyclic) bond motifs is 1. The monoisotopic (exact) mass is 387 g/mol. The van der Waals surface area contributed by atoms with E-state index in [1.165, 1.54) is 29.5 Å². The first-order chi connectivity index (χ1) is 13.0. The van der Waals surface area contributed by atoms with Gasteiger partial charge < -0.3 is 5.32 Å². The van der Waals surface area contributed by atoms with Crippen molar-refractivity contribution in [1.29, 1.82) is 0 Å². The minimum absolute atomic E-state index is 0.0399. The van der Waals surface area contributed by atoms with Crippen LogP contribution in [0.4, 0.5) is 18.9 Å². The second-order valence-electron chi connectivity index (χ2n) is 5.87. The molecule has 4 aromatic rings. The number of thiazole rings is 1. The van der Waals surface area contributed by atoms with Crippen LogP contribution in [0.5, 0.6) is 0 Å². The fourth-order valence-electron chi connectivity index (χ4n) is 2.66. The molecular weight excluding hydrogens is 375 g/mol. The molecule has 0 aliphatic carbocycles. The Morgan fingerprint density at radius 3 is 2.59 bits per heavy atom. The van der Waals surface area contributed by atoms with Gasteiger partial charge >= 0.3 is 0 Å². The maximum absolute atomic E-state index is 13.2. The van der Waals surface area contributed by atoms with Gasteiger partial charge in [-0.1, -0.05) is 0 Å². The highest BCUT2D eigenvalue weighted by Gasteiger charge is 2.13. The SMILES string of the molecule is O=C(Cc1csc2nc(-c3ccc(F)cc3)cn12)Nc1ccc(F)c(F)c1. The van der Waals surface area contributed by atoms with Gasteiger partial charge in [0.2, 0.25) is 5.91 Å². The summed E-state index contributed by atoms with van der Waals surface area (Å²) in [7, 11) is 0. The van der Waals surface area contributed by atoms with Crippen molar-refractivity contribution in [2.24, 2.45) is 0 Å². The van der Waals surface area contributed by atoms with E-state index in [1.807, 2.05) is 5.38 Å². The predicted molar refractivity (Wildman–Crippen MR) is 97.2 cm³/mol. The van der Waals surface area contributed by atoms with Gasteiger partial charge in [-0.25, -0.2) is 18.2 Å². The van der Waals surface area contributed by atoms with Crippen molar-refractivity contribution in [2.45, 2.75) is 6.42 Å². The van der Waals surface area contributed by atoms with Crippen molar-refractivity contribution >= 4 is 27.9 Å². The number of nitrogens with one attached hydrogen (secondary N) is 1. The first kappa shape index (κ1) is 17.3. The molecule has 136 valence electrons. The van der Waals surface area contributed by atoms with Crippen LogP contribution in [-0.4, -0.2) is 15.3 Å². The number of imidazole rings is 1. The summed E-state index contributed by atoms with van der Waals surface area (Å²) in [6.45, 7) is 0. The maximum Gasteiger partial charge on any atom is 0.230 e. The van der Waals surface area contributed by atoms with E-state index < -0.39 is 11.6 Å². The first-order valence-electron chi connectivity index (χ1n) is 7.96. The third kappa shape index (κ3) is 3.56. The predicted octanol–water partition coefficient (Wildman–Crippen LogP) is 4.66. The average molecular weight is 387 g/mol. The lowest BCUT2D eigenvalue weighted by Gasteiger charge is -2.05. The number of anilines is 1. The van der Waals surface area contributed by atoms with Crippen molar-refractivity contribution in [3.05, 3.63) is 77.2 Å². The van der Waals surface area contributed by atoms with Gasteiger partial charge in [-0.05, 0) is 36.4 Å². The van der Waals surface area contributed by atoms with E-state index in [-0.39, 0.29) is 23.8 Å². The summed E-state index contributed by atoms with van der Waals surface area (Å²) in [6, 6.07) is 9.18. The van der Waals surface area contributed by atoms with Crippen LogP contribution in [0.3, 0.4) is 0 Å². The average Bonchev–Trinajstić information content (AvgIpc) is 3.21. The van der Waals surface area contributed by atoms with Crippen LogP contribution in [0.1, 0.15) is 5.69 Å². The number of carbonyl (C=O) groups excluding carboxylic acids is 1. The van der Waals surface area contributed by atoms with Crippen molar-refractivity contribution in [1.82, 2.24) is 9.38 Å². The Morgan fingerprint density at radius 2 is 1.85 bits per heavy atom. The molecule has 1 amide bonds. The number of rotatable bonds is 4. The van der Waals surface area contributed by atoms with E-state index >= 15 is 0 Å². The van der Waals surface area contributed by atoms with Crippen LogP contribution in [0.15, 0.2) is 54.0 Å². The number of nitrogens with zero attached hydrogens (tertiary/aromatic N) is 2. The quantitative estimate of drug-likeness (QED) is 0.554. The molecule has 0 unspecified atom stereocenters. The molecule has 0 spiro atoms. The van der Waals surface area contributed by atoms with Gasteiger partial charge in [-0.15, -0.1) is 11.3 Å². The molecule has 8 heteroatoms. The number of halogens is 3. The number of benzene rings is 2. The maximum atomic E-state index is 13.2. The highest BCUT2D eigenvalue weighted by molar-refractivity contribution is 7.15. The summed E-state index contributed by atoms with van der Waals surface area (Å²) in [4.78, 5) is 17.4. The van der Waals surface area contributed by atoms with Crippen molar-refractivity contribution in [2.75, 3.05) is 5.32 Å². The normalized spacial score (nSPS) is 11.1. The number of hydrogen-bond donors (Lipinski definition) is 1. The molecule has 0 aliphatic rings. The van der Waals surface area contributed by atoms with Crippen LogP contribution in [0.2, 0.25) is 0 Å². The fourth-order valence-corrected chi connectivity index (χ4v) is 3.53. The standard InChI is InChI=1S/C19H12F3N3OS/c20-12-3-1-11(2-4-12)17-9-25-14(10-27-19(25)24-17)8-18(26)23-13-5-6-15(21)16(22)7-13/h1-7,9-10H,8H2,(H,23,26). The topological polar surface area (TPSA) is 46.4 Å². The largest absolute Gasteiger partial charge is 0.326 e. The Labute approximate surface area is 155 Å². The summed E-state index contributed by atoms with van der Waals surface area (Å²) in [5, 5.41) is 4.35. The molecule has 0 saturated heterocycles. The molecule has 2 heterocycles. The Balaban J connectivity index is 1.54. The third-order valence-electron chi connectivity index (χ3n) is 3.97. The number of carbonyl (C=O) groups is 1. The number of amides is 1. The highest BCUT2D eigenvalue weighted by atomic mass is 32.1. The Bertz CT molecular complexity index is 1140. The highest BCUT2D eigenvalue weighted by Crippen LogP contribution is 2.24. The van der Waals surface area contributed by atoms with Crippen molar-refractivity contribution < 1.29 is 18.0 Å². The smallest absolute Gasteiger partial charge is 0.230 e. The van der Waals surface area contributed by atoms with Gasteiger partial charge in [0.25, 0.3) is 0 Å². The van der Waals surface area contributed by atoms with Crippen LogP contribution < -0.4 is 5.32 Å². The summed E-state index contributed by atoms with van der Waals surface area (Å²) >= 11 is 1.37. The molecule has 4 rings (SSSR count). The van der Waals surface area contributed by atoms with E-state index in [9.17, 15) is 18.0 Å². The van der Waals surface area contributed by atoms with Crippen molar-refractivity contribution in [3.63, 3.8) is 0 Å². The van der Waals surface area contributed by atoms with E-state index in [2.05, 4.69) is 10.3 Å². The van der Waals surface area contributed by atoms with E-state index in [1.54, 1.807) is 22.7 Å². The molecule has 0 radical (unpaired) electrons. The number of hydrogen-bond acceptors (Lipinski definition) is 3. The minimum atomic E-state index is -1.02. The first-order valence-corrected chi connectivity index (χ1v) is 8.84. The van der Waals surface area contributed by atoms with Crippen LogP contribution in [-0.2, 0) is 11.2 Å². The van der Waals surface area contributed by atoms with Gasteiger partial charge in [0.15, 0.2) is 16.6 Å². The van der Waals surface area contributed by atoms with Crippen LogP contribution in [0.25, 0.3) is 16.2 Å². The third-order valence-corrected chi connectivity index (χ3v) is 4.86. The minimum Gasteiger partial charge on any atom is -0.326 e. The second kappa shape index (κ2) is 6.88. The molecule has 0 aliphatic heterocycles. The molecule has 0 atom stereocenters. The molecule has 0 saturated carbocycles. The Kier molecular flexibility index (Phi) is 4.41. The molecule has 0 bridgehead atoms. The summed E-state index contributed by atoms with van der Waals surface area (Å²) in [5.41, 5.74) is 2.33. The Hall–Kier alpha value is -3.13. The molecular formula is C19H12F3N3OS. The summed E-state index contributed by atoms with van der Waals surface area (Å²) in [5.74, 6) is -2.68. The van der Waals surface area contributed by atoms with Gasteiger partial charge in [0.05, 0.1) is 12.1 Å². The van der Waals surface area contributed by atoms with E-state index in [0.29, 0.717) is 16.3 Å². The van der Waals surface area contributed by atoms with Gasteiger partial charge in [-0.3, -0.25) is 9.20 Å². The summed E-state index contributed by atoms with van der Waals surface area (Å²) in [6.07, 6.45) is 1.82. The molecule has 0 fully saturated rings. The van der Waals surface area contributed by atoms with Gasteiger partial charge in [-0.2, -0.15) is 0 Å². The van der Waals surface area contributed by atoms with Crippen LogP contribution in [0, 0.1) is 17.5 Å². The zero-order chi connectivity index (χ0) is 19.0. The lowest BCUT2D eigenvalue weighted by Crippen LogP contribution is -2.15. The zero-order valence-electron chi connectivity index (χ0n) is 13.7. The lowest BCUT2D eigenvalue weighted by atomic mass is 10.2. The van der Waals surface area contributed by atoms with E-state index in [4.69, 9.17) is 0 Å². The summed E-state index contributed by atoms with van der Waals surface area (Å²) < 4.78 is 41.1. The molecule has 1 N–H and O–H groups in total. The van der Waals surface area contributed by atoms with Gasteiger partial charge in [0.1, 0.15) is 5.82 Å². The molecule has 27 heavy (non-hydrogen) atoms. The van der Waals surface area contributed by atoms with Gasteiger partial charge in [0, 0.05) is 34.6 Å². The lowest BCUT2D eigenvalue weighted by molar-refractivity contribution is -0.115. The molecule has 2 aromatic carbocycles. The number of aromatic nitrogens is 2.